The van der Waals surface area contributed by atoms with Crippen LogP contribution in [0.5, 0.6) is 0 Å². The highest BCUT2D eigenvalue weighted by Gasteiger charge is 2.61. The zero-order valence-corrected chi connectivity index (χ0v) is 18.0. The van der Waals surface area contributed by atoms with Gasteiger partial charge in [0.05, 0.1) is 18.5 Å². The molecule has 2 fully saturated rings. The highest BCUT2D eigenvalue weighted by atomic mass is 16.6. The summed E-state index contributed by atoms with van der Waals surface area (Å²) in [4.78, 5) is 23.2. The van der Waals surface area contributed by atoms with Gasteiger partial charge in [-0.1, -0.05) is 20.8 Å². The number of hydrogen-bond donors (Lipinski definition) is 2. The number of nitrogens with one attached hydrogen (secondary N) is 1. The van der Waals surface area contributed by atoms with Crippen LogP contribution in [0, 0.1) is 5.41 Å². The molecule has 0 aromatic carbocycles. The lowest BCUT2D eigenvalue weighted by Crippen LogP contribution is -2.54. The van der Waals surface area contributed by atoms with Crippen molar-refractivity contribution in [3.05, 3.63) is 16.7 Å². The maximum Gasteiger partial charge on any atom is 0.280 e. The molecule has 2 aliphatic rings. The third kappa shape index (κ3) is 3.67. The summed E-state index contributed by atoms with van der Waals surface area (Å²) in [6.45, 7) is 13.3. The average molecular weight is 405 g/mol. The molecule has 0 spiro atoms. The molecule has 29 heavy (non-hydrogen) atoms. The number of rotatable bonds is 3. The fraction of sp³-hybridized carbons (Fsp3) is 0.750. The Morgan fingerprint density at radius 1 is 1.34 bits per heavy atom. The Morgan fingerprint density at radius 2 is 2.07 bits per heavy atom. The lowest BCUT2D eigenvalue weighted by Gasteiger charge is -2.44. The van der Waals surface area contributed by atoms with Crippen LogP contribution in [0.3, 0.4) is 0 Å². The van der Waals surface area contributed by atoms with Crippen molar-refractivity contribution in [1.29, 1.82) is 0 Å². The van der Waals surface area contributed by atoms with Gasteiger partial charge >= 0.3 is 0 Å². The number of nitrogens with two attached hydrogens (primary N) is 1. The first-order valence-corrected chi connectivity index (χ1v) is 10.1. The van der Waals surface area contributed by atoms with E-state index in [4.69, 9.17) is 19.9 Å². The molecule has 4 atom stereocenters. The Balaban J connectivity index is 1.81. The van der Waals surface area contributed by atoms with E-state index in [2.05, 4.69) is 35.7 Å². The molecule has 3 N–H and O–H groups in total. The van der Waals surface area contributed by atoms with E-state index in [0.717, 1.165) is 12.8 Å². The van der Waals surface area contributed by atoms with Crippen LogP contribution >= 0.6 is 0 Å². The van der Waals surface area contributed by atoms with Crippen LogP contribution in [0.4, 0.5) is 5.95 Å². The third-order valence-corrected chi connectivity index (χ3v) is 5.32. The van der Waals surface area contributed by atoms with Gasteiger partial charge in [0.15, 0.2) is 17.4 Å². The second-order valence-corrected chi connectivity index (χ2v) is 10.3. The van der Waals surface area contributed by atoms with Gasteiger partial charge in [0.25, 0.3) is 5.56 Å². The van der Waals surface area contributed by atoms with Crippen molar-refractivity contribution in [2.75, 3.05) is 12.3 Å². The van der Waals surface area contributed by atoms with Gasteiger partial charge in [0.2, 0.25) is 5.95 Å². The van der Waals surface area contributed by atoms with E-state index >= 15 is 0 Å². The zero-order chi connectivity index (χ0) is 21.2. The Morgan fingerprint density at radius 3 is 2.72 bits per heavy atom. The SMILES string of the molecule is CC(C)(C)C[C@@]12CCO[C@@H]([C@H](n3cnc4c(=O)[nH]c(N)nc43)O1)[C@@H]2OC(C)(C)C. The molecule has 2 bridgehead atoms. The van der Waals surface area contributed by atoms with Crippen molar-refractivity contribution in [2.45, 2.75) is 84.0 Å². The van der Waals surface area contributed by atoms with E-state index in [0.29, 0.717) is 12.3 Å². The van der Waals surface area contributed by atoms with Crippen LogP contribution in [0.2, 0.25) is 0 Å². The third-order valence-electron chi connectivity index (χ3n) is 5.32. The zero-order valence-electron chi connectivity index (χ0n) is 18.0. The van der Waals surface area contributed by atoms with E-state index in [-0.39, 0.29) is 40.2 Å². The minimum Gasteiger partial charge on any atom is -0.371 e. The van der Waals surface area contributed by atoms with Gasteiger partial charge in [0.1, 0.15) is 17.8 Å². The van der Waals surface area contributed by atoms with Gasteiger partial charge < -0.3 is 19.9 Å². The largest absolute Gasteiger partial charge is 0.371 e. The summed E-state index contributed by atoms with van der Waals surface area (Å²) >= 11 is 0. The van der Waals surface area contributed by atoms with Gasteiger partial charge in [-0.05, 0) is 32.6 Å². The normalized spacial score (nSPS) is 30.2. The fourth-order valence-corrected chi connectivity index (χ4v) is 4.59. The first-order valence-electron chi connectivity index (χ1n) is 10.1. The number of imidazole rings is 1. The number of nitrogen functional groups attached to an aromatic ring is 1. The van der Waals surface area contributed by atoms with Gasteiger partial charge in [-0.2, -0.15) is 4.98 Å². The van der Waals surface area contributed by atoms with E-state index in [1.165, 1.54) is 0 Å². The Bertz CT molecular complexity index is 970. The summed E-state index contributed by atoms with van der Waals surface area (Å²) in [6, 6.07) is 0. The van der Waals surface area contributed by atoms with Crippen molar-refractivity contribution >= 4 is 17.1 Å². The average Bonchev–Trinajstić information content (AvgIpc) is 3.00. The van der Waals surface area contributed by atoms with Crippen LogP contribution < -0.4 is 11.3 Å². The summed E-state index contributed by atoms with van der Waals surface area (Å²) in [7, 11) is 0. The minimum atomic E-state index is -0.508. The first kappa shape index (κ1) is 20.3. The number of nitrogens with zero attached hydrogens (tertiary/aromatic N) is 3. The molecule has 2 aromatic heterocycles. The molecule has 0 saturated carbocycles. The van der Waals surface area contributed by atoms with E-state index < -0.39 is 11.8 Å². The maximum absolute atomic E-state index is 12.2. The van der Waals surface area contributed by atoms with Crippen LogP contribution in [0.15, 0.2) is 11.1 Å². The van der Waals surface area contributed by atoms with Crippen molar-refractivity contribution in [3.63, 3.8) is 0 Å². The molecule has 2 aliphatic heterocycles. The highest BCUT2D eigenvalue weighted by Crippen LogP contribution is 2.51. The molecule has 2 saturated heterocycles. The van der Waals surface area contributed by atoms with Crippen molar-refractivity contribution in [3.8, 4) is 0 Å². The highest BCUT2D eigenvalue weighted by molar-refractivity contribution is 5.70. The molecule has 2 aromatic rings. The predicted octanol–water partition coefficient (Wildman–Crippen LogP) is 2.38. The lowest BCUT2D eigenvalue weighted by atomic mass is 9.76. The maximum atomic E-state index is 12.2. The summed E-state index contributed by atoms with van der Waals surface area (Å²) < 4.78 is 21.1. The van der Waals surface area contributed by atoms with Crippen LogP contribution in [-0.4, -0.2) is 49.5 Å². The number of ether oxygens (including phenoxy) is 3. The van der Waals surface area contributed by atoms with E-state index in [1.54, 1.807) is 10.9 Å². The number of H-pyrrole nitrogens is 1. The van der Waals surface area contributed by atoms with E-state index in [1.807, 2.05) is 20.8 Å². The molecule has 0 radical (unpaired) electrons. The molecule has 4 rings (SSSR count). The Labute approximate surface area is 169 Å². The van der Waals surface area contributed by atoms with Gasteiger partial charge in [-0.3, -0.25) is 14.3 Å². The second-order valence-electron chi connectivity index (χ2n) is 10.3. The number of aromatic nitrogens is 4. The molecule has 9 nitrogen and oxygen atoms in total. The first-order chi connectivity index (χ1) is 13.4. The molecule has 160 valence electrons. The molecule has 0 aliphatic carbocycles. The Hall–Kier alpha value is -1.97. The summed E-state index contributed by atoms with van der Waals surface area (Å²) in [5, 5.41) is 0. The minimum absolute atomic E-state index is 0.0348. The second kappa shape index (κ2) is 6.52. The molecule has 0 unspecified atom stereocenters. The monoisotopic (exact) mass is 405 g/mol. The summed E-state index contributed by atoms with van der Waals surface area (Å²) in [6.07, 6.45) is 2.02. The van der Waals surface area contributed by atoms with Crippen molar-refractivity contribution in [2.24, 2.45) is 5.41 Å². The van der Waals surface area contributed by atoms with E-state index in [9.17, 15) is 4.79 Å². The number of fused-ring (bicyclic) bond motifs is 3. The molecular weight excluding hydrogens is 374 g/mol. The van der Waals surface area contributed by atoms with Crippen molar-refractivity contribution < 1.29 is 14.2 Å². The van der Waals surface area contributed by atoms with Gasteiger partial charge in [-0.25, -0.2) is 4.98 Å². The predicted molar refractivity (Wildman–Crippen MR) is 108 cm³/mol. The number of hydrogen-bond acceptors (Lipinski definition) is 7. The standard InChI is InChI=1S/C20H31N5O4/c1-18(2,3)9-20-7-8-27-12(13(20)28-19(4,5)6)16(29-20)25-10-22-11-14(25)23-17(21)24-15(11)26/h10,12-13,16H,7-9H2,1-6H3,(H3,21,23,24,26)/t12-,13+,16-,20-/m1/s1. The summed E-state index contributed by atoms with van der Waals surface area (Å²) in [5.74, 6) is 0.0398. The smallest absolute Gasteiger partial charge is 0.280 e. The summed E-state index contributed by atoms with van der Waals surface area (Å²) in [5.41, 5.74) is 5.18. The quantitative estimate of drug-likeness (QED) is 0.805. The fourth-order valence-electron chi connectivity index (χ4n) is 4.59. The van der Waals surface area contributed by atoms with Crippen LogP contribution in [0.1, 0.15) is 60.6 Å². The Kier molecular flexibility index (Phi) is 4.56. The molecule has 0 amide bonds. The molecule has 4 heterocycles. The van der Waals surface area contributed by atoms with Crippen molar-refractivity contribution in [1.82, 2.24) is 19.5 Å². The number of aromatic amines is 1. The van der Waals surface area contributed by atoms with Crippen LogP contribution in [0.25, 0.3) is 11.2 Å². The molecule has 9 heteroatoms. The van der Waals surface area contributed by atoms with Gasteiger partial charge in [0, 0.05) is 6.42 Å². The van der Waals surface area contributed by atoms with Crippen LogP contribution in [-0.2, 0) is 14.2 Å². The molecular formula is C20H31N5O4. The number of anilines is 1. The van der Waals surface area contributed by atoms with Gasteiger partial charge in [-0.15, -0.1) is 0 Å². The topological polar surface area (TPSA) is 117 Å². The lowest BCUT2D eigenvalue weighted by molar-refractivity contribution is -0.195.